The molecule has 0 amide bonds. The van der Waals surface area contributed by atoms with Gasteiger partial charge in [0.25, 0.3) is 0 Å². The Morgan fingerprint density at radius 3 is 1.64 bits per heavy atom. The molecule has 1 atom stereocenters. The summed E-state index contributed by atoms with van der Waals surface area (Å²) in [6, 6.07) is 0.475. The molecule has 0 saturated carbocycles. The number of esters is 1. The van der Waals surface area contributed by atoms with Crippen LogP contribution in [0.15, 0.2) is 12.2 Å². The number of hydrogen-bond acceptors (Lipinski definition) is 5. The largest absolute Gasteiger partial charge is 0.504 e. The molecule has 0 rings (SSSR count). The van der Waals surface area contributed by atoms with Crippen molar-refractivity contribution in [2.75, 3.05) is 19.8 Å². The number of carbonyl (C=O) groups is 1. The smallest absolute Gasteiger partial charge is 0.459 e. The molecule has 0 aromatic heterocycles. The minimum atomic E-state index is -2.88. The molecule has 148 valence electrons. The first-order chi connectivity index (χ1) is 11.9. The van der Waals surface area contributed by atoms with Gasteiger partial charge in [0.15, 0.2) is 0 Å². The SMILES string of the molecule is C=C(C)C(=O)OC(C)C[Si](OCCCC)(OCCCC)OCCCC. The van der Waals surface area contributed by atoms with Crippen molar-refractivity contribution in [1.29, 1.82) is 0 Å². The number of unbranched alkanes of at least 4 members (excludes halogenated alkanes) is 3. The molecule has 0 aliphatic heterocycles. The van der Waals surface area contributed by atoms with E-state index in [-0.39, 0.29) is 12.1 Å². The third kappa shape index (κ3) is 11.5. The van der Waals surface area contributed by atoms with Crippen molar-refractivity contribution in [2.45, 2.75) is 85.3 Å². The summed E-state index contributed by atoms with van der Waals surface area (Å²) in [4.78, 5) is 11.8. The molecule has 0 bridgehead atoms. The van der Waals surface area contributed by atoms with E-state index in [1.165, 1.54) is 0 Å². The van der Waals surface area contributed by atoms with Crippen LogP contribution in [0.5, 0.6) is 0 Å². The maximum absolute atomic E-state index is 11.8. The average molecular weight is 375 g/mol. The Morgan fingerprint density at radius 2 is 1.32 bits per heavy atom. The van der Waals surface area contributed by atoms with Gasteiger partial charge in [-0.15, -0.1) is 0 Å². The lowest BCUT2D eigenvalue weighted by molar-refractivity contribution is -0.143. The van der Waals surface area contributed by atoms with E-state index >= 15 is 0 Å². The van der Waals surface area contributed by atoms with Gasteiger partial charge in [-0.3, -0.25) is 0 Å². The van der Waals surface area contributed by atoms with E-state index in [4.69, 9.17) is 18.0 Å². The van der Waals surface area contributed by atoms with Crippen LogP contribution in [0.4, 0.5) is 0 Å². The average Bonchev–Trinajstić information content (AvgIpc) is 2.55. The molecule has 6 heteroatoms. The quantitative estimate of drug-likeness (QED) is 0.167. The van der Waals surface area contributed by atoms with E-state index in [0.717, 1.165) is 38.5 Å². The van der Waals surface area contributed by atoms with E-state index in [0.29, 0.717) is 31.4 Å². The van der Waals surface area contributed by atoms with Crippen LogP contribution in [0.1, 0.15) is 73.1 Å². The van der Waals surface area contributed by atoms with Crippen LogP contribution in [0.25, 0.3) is 0 Å². The van der Waals surface area contributed by atoms with Gasteiger partial charge in [-0.2, -0.15) is 0 Å². The third-order valence-corrected chi connectivity index (χ3v) is 6.66. The van der Waals surface area contributed by atoms with Gasteiger partial charge in [0.2, 0.25) is 0 Å². The van der Waals surface area contributed by atoms with Gasteiger partial charge >= 0.3 is 14.8 Å². The lowest BCUT2D eigenvalue weighted by Crippen LogP contribution is -2.49. The minimum Gasteiger partial charge on any atom is -0.459 e. The summed E-state index contributed by atoms with van der Waals surface area (Å²) in [6.45, 7) is 15.3. The summed E-state index contributed by atoms with van der Waals surface area (Å²) in [5.41, 5.74) is 0.393. The molecule has 0 aliphatic rings. The predicted octanol–water partition coefficient (Wildman–Crippen LogP) is 4.88. The van der Waals surface area contributed by atoms with Crippen LogP contribution >= 0.6 is 0 Å². The first-order valence-corrected chi connectivity index (χ1v) is 11.6. The molecule has 0 spiro atoms. The molecule has 0 radical (unpaired) electrons. The Kier molecular flexibility index (Phi) is 14.1. The number of ether oxygens (including phenoxy) is 1. The van der Waals surface area contributed by atoms with Crippen molar-refractivity contribution >= 4 is 14.8 Å². The van der Waals surface area contributed by atoms with Crippen molar-refractivity contribution in [3.63, 3.8) is 0 Å². The summed E-state index contributed by atoms with van der Waals surface area (Å²) in [5, 5.41) is 0. The highest BCUT2D eigenvalue weighted by atomic mass is 28.4. The van der Waals surface area contributed by atoms with Crippen molar-refractivity contribution in [2.24, 2.45) is 0 Å². The monoisotopic (exact) mass is 374 g/mol. The minimum absolute atomic E-state index is 0.333. The lowest BCUT2D eigenvalue weighted by atomic mass is 10.3. The summed E-state index contributed by atoms with van der Waals surface area (Å²) in [7, 11) is -2.88. The van der Waals surface area contributed by atoms with Gasteiger partial charge in [0.1, 0.15) is 6.10 Å². The zero-order valence-electron chi connectivity index (χ0n) is 16.9. The maximum atomic E-state index is 11.8. The van der Waals surface area contributed by atoms with Crippen LogP contribution in [0.3, 0.4) is 0 Å². The maximum Gasteiger partial charge on any atom is 0.504 e. The van der Waals surface area contributed by atoms with Crippen molar-refractivity contribution in [1.82, 2.24) is 0 Å². The number of hydrogen-bond donors (Lipinski definition) is 0. The van der Waals surface area contributed by atoms with Crippen molar-refractivity contribution < 1.29 is 22.8 Å². The van der Waals surface area contributed by atoms with E-state index in [2.05, 4.69) is 27.4 Å². The molecule has 0 saturated heterocycles. The second kappa shape index (κ2) is 14.5. The Balaban J connectivity index is 5.01. The molecule has 0 aromatic rings. The molecule has 0 fully saturated rings. The molecule has 5 nitrogen and oxygen atoms in total. The van der Waals surface area contributed by atoms with Gasteiger partial charge in [-0.25, -0.2) is 4.79 Å². The van der Waals surface area contributed by atoms with Gasteiger partial charge < -0.3 is 18.0 Å². The fourth-order valence-corrected chi connectivity index (χ4v) is 4.85. The van der Waals surface area contributed by atoms with Gasteiger partial charge in [0, 0.05) is 25.4 Å². The van der Waals surface area contributed by atoms with Crippen molar-refractivity contribution in [3.8, 4) is 0 Å². The van der Waals surface area contributed by atoms with Crippen LogP contribution in [-0.2, 0) is 22.8 Å². The molecular formula is C19H38O5Si. The second-order valence-electron chi connectivity index (χ2n) is 6.49. The van der Waals surface area contributed by atoms with Crippen molar-refractivity contribution in [3.05, 3.63) is 12.2 Å². The molecular weight excluding hydrogens is 336 g/mol. The van der Waals surface area contributed by atoms with E-state index in [1.54, 1.807) is 6.92 Å². The normalized spacial score (nSPS) is 12.8. The number of carbonyl (C=O) groups excluding carboxylic acids is 1. The molecule has 25 heavy (non-hydrogen) atoms. The Bertz CT molecular complexity index is 346. The Labute approximate surface area is 155 Å². The molecule has 0 aromatic carbocycles. The van der Waals surface area contributed by atoms with Gasteiger partial charge in [-0.05, 0) is 33.1 Å². The Hall–Kier alpha value is -0.693. The zero-order valence-corrected chi connectivity index (χ0v) is 17.9. The van der Waals surface area contributed by atoms with Gasteiger partial charge in [-0.1, -0.05) is 46.6 Å². The van der Waals surface area contributed by atoms with E-state index < -0.39 is 8.80 Å². The number of rotatable bonds is 16. The highest BCUT2D eigenvalue weighted by Gasteiger charge is 2.43. The fourth-order valence-electron chi connectivity index (χ4n) is 2.09. The zero-order chi connectivity index (χ0) is 19.1. The van der Waals surface area contributed by atoms with E-state index in [1.807, 2.05) is 6.92 Å². The van der Waals surface area contributed by atoms with Crippen LogP contribution in [0.2, 0.25) is 6.04 Å². The highest BCUT2D eigenvalue weighted by Crippen LogP contribution is 2.22. The molecule has 1 unspecified atom stereocenters. The first-order valence-electron chi connectivity index (χ1n) is 9.69. The van der Waals surface area contributed by atoms with Crippen LogP contribution in [0, 0.1) is 0 Å². The summed E-state index contributed by atoms with van der Waals surface area (Å²) < 4.78 is 23.9. The summed E-state index contributed by atoms with van der Waals surface area (Å²) in [5.74, 6) is -0.383. The fraction of sp³-hybridized carbons (Fsp3) is 0.842. The second-order valence-corrected chi connectivity index (χ2v) is 9.13. The predicted molar refractivity (Wildman–Crippen MR) is 104 cm³/mol. The van der Waals surface area contributed by atoms with Gasteiger partial charge in [0.05, 0.1) is 6.04 Å². The Morgan fingerprint density at radius 1 is 0.920 bits per heavy atom. The van der Waals surface area contributed by atoms with E-state index in [9.17, 15) is 4.79 Å². The highest BCUT2D eigenvalue weighted by molar-refractivity contribution is 6.60. The van der Waals surface area contributed by atoms with Crippen LogP contribution in [-0.4, -0.2) is 40.7 Å². The third-order valence-electron chi connectivity index (χ3n) is 3.65. The molecule has 0 heterocycles. The topological polar surface area (TPSA) is 54.0 Å². The summed E-state index contributed by atoms with van der Waals surface area (Å²) in [6.07, 6.45) is 5.70. The molecule has 0 N–H and O–H groups in total. The lowest BCUT2D eigenvalue weighted by Gasteiger charge is -2.31. The molecule has 0 aliphatic carbocycles. The van der Waals surface area contributed by atoms with Crippen LogP contribution < -0.4 is 0 Å². The first kappa shape index (κ1) is 24.3. The summed E-state index contributed by atoms with van der Waals surface area (Å²) >= 11 is 0. The standard InChI is InChI=1S/C19H38O5Si/c1-7-10-13-21-25(22-14-11-8-2,23-15-12-9-3)16-18(6)24-19(20)17(4)5/h18H,4,7-16H2,1-3,5-6H3.